The SMILES string of the molecule is CC(C)(C)OC(=O)N1[C@@H]2CCC[C@H]1CC2.COC(=O)c1cnc(Nc2cnc(C#N)cn2)cc1N. The number of pyridine rings is 1. The van der Waals surface area contributed by atoms with E-state index in [0.717, 1.165) is 12.8 Å². The fraction of sp³-hybridized carbons (Fsp3) is 0.500. The number of amides is 1. The van der Waals surface area contributed by atoms with Crippen molar-refractivity contribution < 1.29 is 19.1 Å². The number of aromatic nitrogens is 3. The van der Waals surface area contributed by atoms with Crippen LogP contribution >= 0.6 is 0 Å². The van der Waals surface area contributed by atoms with Crippen molar-refractivity contribution in [3.63, 3.8) is 0 Å². The van der Waals surface area contributed by atoms with Crippen LogP contribution in [0.3, 0.4) is 0 Å². The van der Waals surface area contributed by atoms with E-state index >= 15 is 0 Å². The van der Waals surface area contributed by atoms with Crippen LogP contribution < -0.4 is 11.1 Å². The van der Waals surface area contributed by atoms with Crippen LogP contribution in [-0.2, 0) is 9.47 Å². The normalized spacial score (nSPS) is 18.5. The van der Waals surface area contributed by atoms with Gasteiger partial charge in [0.25, 0.3) is 0 Å². The van der Waals surface area contributed by atoms with Gasteiger partial charge in [0.15, 0.2) is 5.69 Å². The summed E-state index contributed by atoms with van der Waals surface area (Å²) in [6.45, 7) is 5.78. The first-order chi connectivity index (χ1) is 16.6. The molecule has 0 saturated carbocycles. The number of nitrogen functional groups attached to an aromatic ring is 1. The number of nitrogens with one attached hydrogen (secondary N) is 1. The predicted molar refractivity (Wildman–Crippen MR) is 129 cm³/mol. The summed E-state index contributed by atoms with van der Waals surface area (Å²) in [6.07, 6.45) is 9.86. The van der Waals surface area contributed by atoms with Gasteiger partial charge >= 0.3 is 12.1 Å². The second kappa shape index (κ2) is 11.0. The van der Waals surface area contributed by atoms with Crippen molar-refractivity contribution in [3.8, 4) is 6.07 Å². The first-order valence-corrected chi connectivity index (χ1v) is 11.5. The number of hydrogen-bond acceptors (Lipinski definition) is 10. The topological polar surface area (TPSA) is 156 Å². The summed E-state index contributed by atoms with van der Waals surface area (Å²) in [5.41, 5.74) is 6.00. The third kappa shape index (κ3) is 6.79. The molecule has 11 nitrogen and oxygen atoms in total. The second-order valence-electron chi connectivity index (χ2n) is 9.38. The highest BCUT2D eigenvalue weighted by Crippen LogP contribution is 2.36. The van der Waals surface area contributed by atoms with Crippen molar-refractivity contribution in [3.05, 3.63) is 35.9 Å². The minimum Gasteiger partial charge on any atom is -0.465 e. The Hall–Kier alpha value is -3.94. The van der Waals surface area contributed by atoms with E-state index in [1.165, 1.54) is 51.0 Å². The molecule has 186 valence electrons. The number of carbonyl (C=O) groups excluding carboxylic acids is 2. The van der Waals surface area contributed by atoms with E-state index in [4.69, 9.17) is 15.7 Å². The minimum atomic E-state index is -0.556. The molecule has 2 atom stereocenters. The van der Waals surface area contributed by atoms with Crippen LogP contribution in [0.5, 0.6) is 0 Å². The Balaban J connectivity index is 0.000000203. The maximum Gasteiger partial charge on any atom is 0.410 e. The highest BCUT2D eigenvalue weighted by Gasteiger charge is 2.41. The number of nitrogens with zero attached hydrogens (tertiary/aromatic N) is 5. The quantitative estimate of drug-likeness (QED) is 0.618. The molecule has 1 amide bonds. The molecule has 4 rings (SSSR count). The van der Waals surface area contributed by atoms with Gasteiger partial charge in [-0.15, -0.1) is 0 Å². The summed E-state index contributed by atoms with van der Waals surface area (Å²) in [7, 11) is 1.26. The molecule has 3 N–H and O–H groups in total. The van der Waals surface area contributed by atoms with Crippen LogP contribution in [-0.4, -0.2) is 56.7 Å². The van der Waals surface area contributed by atoms with E-state index in [2.05, 4.69) is 25.0 Å². The molecule has 0 aliphatic carbocycles. The monoisotopic (exact) mass is 481 g/mol. The number of fused-ring (bicyclic) bond motifs is 2. The molecular weight excluding hydrogens is 450 g/mol. The second-order valence-corrected chi connectivity index (χ2v) is 9.38. The lowest BCUT2D eigenvalue weighted by molar-refractivity contribution is 0.00781. The minimum absolute atomic E-state index is 0.102. The molecule has 0 aromatic carbocycles. The Kier molecular flexibility index (Phi) is 8.06. The molecule has 2 aliphatic heterocycles. The molecular formula is C24H31N7O4. The molecule has 0 radical (unpaired) electrons. The number of carbonyl (C=O) groups is 2. The van der Waals surface area contributed by atoms with Crippen molar-refractivity contribution in [1.29, 1.82) is 5.26 Å². The van der Waals surface area contributed by atoms with Crippen molar-refractivity contribution in [2.45, 2.75) is 70.6 Å². The first-order valence-electron chi connectivity index (χ1n) is 11.5. The fourth-order valence-electron chi connectivity index (χ4n) is 4.13. The molecule has 11 heteroatoms. The molecule has 2 aromatic heterocycles. The van der Waals surface area contributed by atoms with Gasteiger partial charge in [-0.2, -0.15) is 5.26 Å². The Morgan fingerprint density at radius 3 is 2.26 bits per heavy atom. The Labute approximate surface area is 204 Å². The van der Waals surface area contributed by atoms with E-state index in [0.29, 0.717) is 23.7 Å². The number of anilines is 3. The number of hydrogen-bond donors (Lipinski definition) is 2. The van der Waals surface area contributed by atoms with Gasteiger partial charge in [-0.3, -0.25) is 0 Å². The van der Waals surface area contributed by atoms with Crippen LogP contribution in [0.15, 0.2) is 24.7 Å². The average Bonchev–Trinajstić information content (AvgIpc) is 3.07. The zero-order valence-corrected chi connectivity index (χ0v) is 20.4. The lowest BCUT2D eigenvalue weighted by atomic mass is 10.0. The summed E-state index contributed by atoms with van der Waals surface area (Å²) in [4.78, 5) is 37.2. The van der Waals surface area contributed by atoms with Gasteiger partial charge in [0.05, 0.1) is 25.2 Å². The van der Waals surface area contributed by atoms with Crippen LogP contribution in [0, 0.1) is 11.3 Å². The van der Waals surface area contributed by atoms with E-state index in [1.54, 1.807) is 0 Å². The summed E-state index contributed by atoms with van der Waals surface area (Å²) in [5.74, 6) is 0.246. The Bertz CT molecular complexity index is 1080. The first kappa shape index (κ1) is 25.7. The maximum absolute atomic E-state index is 12.0. The van der Waals surface area contributed by atoms with E-state index < -0.39 is 5.97 Å². The van der Waals surface area contributed by atoms with Crippen LogP contribution in [0.4, 0.5) is 22.1 Å². The highest BCUT2D eigenvalue weighted by atomic mass is 16.6. The van der Waals surface area contributed by atoms with Gasteiger partial charge in [0.2, 0.25) is 0 Å². The number of nitrogens with two attached hydrogens (primary N) is 1. The van der Waals surface area contributed by atoms with Crippen molar-refractivity contribution >= 4 is 29.4 Å². The molecule has 0 unspecified atom stereocenters. The van der Waals surface area contributed by atoms with Gasteiger partial charge < -0.3 is 25.4 Å². The van der Waals surface area contributed by atoms with E-state index in [-0.39, 0.29) is 28.6 Å². The van der Waals surface area contributed by atoms with Gasteiger partial charge in [-0.25, -0.2) is 24.5 Å². The number of methoxy groups -OCH3 is 1. The smallest absolute Gasteiger partial charge is 0.410 e. The molecule has 2 fully saturated rings. The third-order valence-corrected chi connectivity index (χ3v) is 5.66. The fourth-order valence-corrected chi connectivity index (χ4v) is 4.13. The number of nitriles is 1. The molecule has 2 aromatic rings. The molecule has 0 spiro atoms. The van der Waals surface area contributed by atoms with Crippen molar-refractivity contribution in [2.24, 2.45) is 0 Å². The van der Waals surface area contributed by atoms with E-state index in [9.17, 15) is 9.59 Å². The lowest BCUT2D eigenvalue weighted by Crippen LogP contribution is -2.46. The van der Waals surface area contributed by atoms with Crippen LogP contribution in [0.2, 0.25) is 0 Å². The summed E-state index contributed by atoms with van der Waals surface area (Å²) in [5, 5.41) is 11.5. The standard InChI is InChI=1S/C12H10N6O2.C12H21NO2/c1-20-12(19)8-5-17-10(2-9(8)14)18-11-6-15-7(3-13)4-16-11;1-12(2,3)15-11(14)13-9-5-4-6-10(13)8-7-9/h2,4-6H,1H3,(H3,14,16,17,18);9-10H,4-8H2,1-3H3/t;9-,10+. The number of ether oxygens (including phenoxy) is 2. The number of esters is 1. The van der Waals surface area contributed by atoms with E-state index in [1.807, 2.05) is 31.7 Å². The van der Waals surface area contributed by atoms with Crippen molar-refractivity contribution in [1.82, 2.24) is 19.9 Å². The van der Waals surface area contributed by atoms with Crippen LogP contribution in [0.1, 0.15) is 68.9 Å². The molecule has 2 saturated heterocycles. The Morgan fingerprint density at radius 2 is 1.74 bits per heavy atom. The zero-order chi connectivity index (χ0) is 25.6. The summed E-state index contributed by atoms with van der Waals surface area (Å²) in [6, 6.07) is 4.26. The number of rotatable bonds is 3. The van der Waals surface area contributed by atoms with Gasteiger partial charge in [0, 0.05) is 24.3 Å². The maximum atomic E-state index is 12.0. The van der Waals surface area contributed by atoms with Gasteiger partial charge in [-0.05, 0) is 52.9 Å². The predicted octanol–water partition coefficient (Wildman–Crippen LogP) is 3.79. The number of piperidine rings is 1. The summed E-state index contributed by atoms with van der Waals surface area (Å²) < 4.78 is 10.0. The average molecular weight is 482 g/mol. The van der Waals surface area contributed by atoms with Gasteiger partial charge in [-0.1, -0.05) is 0 Å². The zero-order valence-electron chi connectivity index (χ0n) is 20.4. The third-order valence-electron chi connectivity index (χ3n) is 5.66. The lowest BCUT2D eigenvalue weighted by Gasteiger charge is -2.35. The van der Waals surface area contributed by atoms with Crippen LogP contribution in [0.25, 0.3) is 0 Å². The Morgan fingerprint density at radius 1 is 1.09 bits per heavy atom. The summed E-state index contributed by atoms with van der Waals surface area (Å²) >= 11 is 0. The molecule has 4 heterocycles. The largest absolute Gasteiger partial charge is 0.465 e. The molecule has 2 aliphatic rings. The van der Waals surface area contributed by atoms with Gasteiger partial charge in [0.1, 0.15) is 28.9 Å². The molecule has 35 heavy (non-hydrogen) atoms. The molecule has 2 bridgehead atoms. The highest BCUT2D eigenvalue weighted by molar-refractivity contribution is 5.95. The van der Waals surface area contributed by atoms with Crippen molar-refractivity contribution in [2.75, 3.05) is 18.2 Å².